The zero-order chi connectivity index (χ0) is 18.4. The number of rotatable bonds is 7. The van der Waals surface area contributed by atoms with Gasteiger partial charge in [-0.15, -0.1) is 0 Å². The van der Waals surface area contributed by atoms with E-state index in [1.165, 1.54) is 31.4 Å². The number of benzene rings is 2. The van der Waals surface area contributed by atoms with E-state index in [0.717, 1.165) is 12.1 Å². The van der Waals surface area contributed by atoms with Crippen molar-refractivity contribution in [2.45, 2.75) is 0 Å². The van der Waals surface area contributed by atoms with Gasteiger partial charge in [0.25, 0.3) is 0 Å². The minimum atomic E-state index is -0.806. The molecular formula is C17H13BrF2O5. The van der Waals surface area contributed by atoms with Crippen LogP contribution in [-0.4, -0.2) is 32.1 Å². The van der Waals surface area contributed by atoms with Gasteiger partial charge in [-0.25, -0.2) is 13.6 Å². The average molecular weight is 415 g/mol. The van der Waals surface area contributed by atoms with Crippen molar-refractivity contribution < 1.29 is 32.6 Å². The zero-order valence-electron chi connectivity index (χ0n) is 13.1. The molecule has 0 heterocycles. The number of Topliss-reactive ketones (excluding diaryl/α,β-unsaturated/α-hetero) is 1. The van der Waals surface area contributed by atoms with Crippen LogP contribution in [0.15, 0.2) is 40.9 Å². The largest absolute Gasteiger partial charge is 0.496 e. The van der Waals surface area contributed by atoms with Crippen LogP contribution in [0.5, 0.6) is 11.5 Å². The first kappa shape index (κ1) is 18.9. The maximum atomic E-state index is 13.3. The lowest BCUT2D eigenvalue weighted by Gasteiger charge is -2.10. The average Bonchev–Trinajstić information content (AvgIpc) is 2.58. The molecule has 25 heavy (non-hydrogen) atoms. The molecule has 0 fully saturated rings. The summed E-state index contributed by atoms with van der Waals surface area (Å²) in [7, 11) is 1.34. The Kier molecular flexibility index (Phi) is 6.46. The van der Waals surface area contributed by atoms with E-state index in [2.05, 4.69) is 15.9 Å². The molecule has 0 aliphatic heterocycles. The second kappa shape index (κ2) is 8.57. The number of carbonyl (C=O) groups excluding carboxylic acids is 2. The molecule has 0 radical (unpaired) electrons. The molecule has 0 atom stereocenters. The Labute approximate surface area is 150 Å². The molecule has 8 heteroatoms. The molecule has 0 saturated carbocycles. The van der Waals surface area contributed by atoms with Crippen molar-refractivity contribution in [3.63, 3.8) is 0 Å². The predicted octanol–water partition coefficient (Wildman–Crippen LogP) is 3.54. The molecule has 0 bridgehead atoms. The fourth-order valence-electron chi connectivity index (χ4n) is 1.89. The van der Waals surface area contributed by atoms with Crippen molar-refractivity contribution in [3.05, 3.63) is 58.1 Å². The highest BCUT2D eigenvalue weighted by Gasteiger charge is 2.16. The second-order valence-corrected chi connectivity index (χ2v) is 5.65. The number of halogens is 3. The third kappa shape index (κ3) is 5.25. The van der Waals surface area contributed by atoms with Crippen molar-refractivity contribution >= 4 is 27.7 Å². The van der Waals surface area contributed by atoms with Crippen LogP contribution in [0.25, 0.3) is 0 Å². The molecule has 0 saturated heterocycles. The first-order valence-corrected chi connectivity index (χ1v) is 7.80. The van der Waals surface area contributed by atoms with Gasteiger partial charge < -0.3 is 14.2 Å². The molecule has 5 nitrogen and oxygen atoms in total. The topological polar surface area (TPSA) is 61.8 Å². The van der Waals surface area contributed by atoms with Crippen LogP contribution in [0, 0.1) is 11.6 Å². The van der Waals surface area contributed by atoms with E-state index in [0.29, 0.717) is 4.47 Å². The van der Waals surface area contributed by atoms with Gasteiger partial charge in [-0.3, -0.25) is 4.79 Å². The second-order valence-electron chi connectivity index (χ2n) is 4.79. The number of ether oxygens (including phenoxy) is 3. The number of hydrogen-bond acceptors (Lipinski definition) is 5. The van der Waals surface area contributed by atoms with Gasteiger partial charge in [0.2, 0.25) is 5.78 Å². The van der Waals surface area contributed by atoms with Crippen LogP contribution >= 0.6 is 15.9 Å². The van der Waals surface area contributed by atoms with E-state index in [1.54, 1.807) is 0 Å². The summed E-state index contributed by atoms with van der Waals surface area (Å²) in [6.07, 6.45) is 0. The van der Waals surface area contributed by atoms with Crippen LogP contribution in [0.3, 0.4) is 0 Å². The molecule has 0 amide bonds. The normalized spacial score (nSPS) is 10.2. The quantitative estimate of drug-likeness (QED) is 0.512. The molecular weight excluding hydrogens is 402 g/mol. The molecule has 0 aromatic heterocycles. The molecule has 132 valence electrons. The fraction of sp³-hybridized carbons (Fsp3) is 0.176. The Morgan fingerprint density at radius 3 is 2.28 bits per heavy atom. The smallest absolute Gasteiger partial charge is 0.344 e. The van der Waals surface area contributed by atoms with Gasteiger partial charge in [0.05, 0.1) is 17.1 Å². The summed E-state index contributed by atoms with van der Waals surface area (Å²) in [5.74, 6) is -2.07. The van der Waals surface area contributed by atoms with Crippen molar-refractivity contribution in [1.82, 2.24) is 0 Å². The number of hydrogen-bond donors (Lipinski definition) is 0. The van der Waals surface area contributed by atoms with E-state index in [9.17, 15) is 18.4 Å². The molecule has 2 aromatic carbocycles. The Morgan fingerprint density at radius 2 is 1.64 bits per heavy atom. The van der Waals surface area contributed by atoms with E-state index in [-0.39, 0.29) is 17.1 Å². The lowest BCUT2D eigenvalue weighted by Crippen LogP contribution is -2.20. The summed E-state index contributed by atoms with van der Waals surface area (Å²) in [6.45, 7) is -1.07. The number of carbonyl (C=O) groups is 2. The van der Waals surface area contributed by atoms with Crippen molar-refractivity contribution in [1.29, 1.82) is 0 Å². The summed E-state index contributed by atoms with van der Waals surface area (Å²) in [5, 5.41) is 0. The summed E-state index contributed by atoms with van der Waals surface area (Å²) in [4.78, 5) is 23.7. The van der Waals surface area contributed by atoms with Crippen molar-refractivity contribution in [2.75, 3.05) is 20.3 Å². The Balaban J connectivity index is 1.89. The highest BCUT2D eigenvalue weighted by Crippen LogP contribution is 2.25. The fourth-order valence-corrected chi connectivity index (χ4v) is 2.36. The molecule has 0 N–H and O–H groups in total. The lowest BCUT2D eigenvalue weighted by molar-refractivity contribution is -0.144. The Bertz CT molecular complexity index is 795. The number of ketones is 1. The van der Waals surface area contributed by atoms with Gasteiger partial charge in [0.1, 0.15) is 23.1 Å². The van der Waals surface area contributed by atoms with Crippen LogP contribution in [0.2, 0.25) is 0 Å². The maximum absolute atomic E-state index is 13.3. The Hall–Kier alpha value is -2.48. The van der Waals surface area contributed by atoms with Crippen molar-refractivity contribution in [3.8, 4) is 11.5 Å². The first-order valence-electron chi connectivity index (χ1n) is 7.01. The standard InChI is InChI=1S/C17H13BrF2O5/c1-23-15-4-2-10(19)6-12(15)14(21)8-25-17(22)9-24-16-5-3-11(20)7-13(16)18/h2-7H,8-9H2,1H3. The predicted molar refractivity (Wildman–Crippen MR) is 87.8 cm³/mol. The van der Waals surface area contributed by atoms with Crippen LogP contribution in [0.1, 0.15) is 10.4 Å². The van der Waals surface area contributed by atoms with Crippen LogP contribution in [0.4, 0.5) is 8.78 Å². The van der Waals surface area contributed by atoms with Crippen LogP contribution < -0.4 is 9.47 Å². The minimum absolute atomic E-state index is 0.0301. The lowest BCUT2D eigenvalue weighted by atomic mass is 10.1. The van der Waals surface area contributed by atoms with E-state index >= 15 is 0 Å². The SMILES string of the molecule is COc1ccc(F)cc1C(=O)COC(=O)COc1ccc(F)cc1Br. The number of methoxy groups -OCH3 is 1. The van der Waals surface area contributed by atoms with Gasteiger partial charge in [0.15, 0.2) is 13.2 Å². The monoisotopic (exact) mass is 414 g/mol. The number of esters is 1. The van der Waals surface area contributed by atoms with Gasteiger partial charge in [-0.1, -0.05) is 0 Å². The highest BCUT2D eigenvalue weighted by molar-refractivity contribution is 9.10. The molecule has 2 aromatic rings. The minimum Gasteiger partial charge on any atom is -0.496 e. The van der Waals surface area contributed by atoms with E-state index in [4.69, 9.17) is 14.2 Å². The summed E-state index contributed by atoms with van der Waals surface area (Å²) in [5.41, 5.74) is -0.0301. The summed E-state index contributed by atoms with van der Waals surface area (Å²) >= 11 is 3.09. The molecule has 0 aliphatic carbocycles. The van der Waals surface area contributed by atoms with Gasteiger partial charge in [-0.2, -0.15) is 0 Å². The molecule has 0 unspecified atom stereocenters. The first-order chi connectivity index (χ1) is 11.9. The van der Waals surface area contributed by atoms with Gasteiger partial charge in [-0.05, 0) is 52.3 Å². The highest BCUT2D eigenvalue weighted by atomic mass is 79.9. The molecule has 2 rings (SSSR count). The van der Waals surface area contributed by atoms with Crippen molar-refractivity contribution in [2.24, 2.45) is 0 Å². The molecule has 0 spiro atoms. The summed E-state index contributed by atoms with van der Waals surface area (Å²) < 4.78 is 41.5. The van der Waals surface area contributed by atoms with Gasteiger partial charge in [0, 0.05) is 0 Å². The van der Waals surface area contributed by atoms with Gasteiger partial charge >= 0.3 is 5.97 Å². The molecule has 0 aliphatic rings. The maximum Gasteiger partial charge on any atom is 0.344 e. The third-order valence-corrected chi connectivity index (χ3v) is 3.69. The van der Waals surface area contributed by atoms with E-state index < -0.39 is 36.6 Å². The Morgan fingerprint density at radius 1 is 1.00 bits per heavy atom. The van der Waals surface area contributed by atoms with Crippen LogP contribution in [-0.2, 0) is 9.53 Å². The third-order valence-electron chi connectivity index (χ3n) is 3.07. The van der Waals surface area contributed by atoms with E-state index in [1.807, 2.05) is 0 Å². The zero-order valence-corrected chi connectivity index (χ0v) is 14.6. The summed E-state index contributed by atoms with van der Waals surface area (Å²) in [6, 6.07) is 7.15.